The molecular formula is C25H23F3N2O4. The van der Waals surface area contributed by atoms with Crippen LogP contribution in [0.15, 0.2) is 60.8 Å². The zero-order chi connectivity index (χ0) is 24.1. The number of pyridine rings is 1. The third-order valence-corrected chi connectivity index (χ3v) is 5.41. The van der Waals surface area contributed by atoms with Crippen LogP contribution in [0.5, 0.6) is 11.6 Å². The summed E-state index contributed by atoms with van der Waals surface area (Å²) < 4.78 is 54.3. The molecule has 0 unspecified atom stereocenters. The number of nitrogens with one attached hydrogen (secondary N) is 1. The fourth-order valence-corrected chi connectivity index (χ4v) is 3.79. The van der Waals surface area contributed by atoms with E-state index in [0.29, 0.717) is 35.9 Å². The molecule has 1 saturated heterocycles. The van der Waals surface area contributed by atoms with Crippen molar-refractivity contribution < 1.29 is 32.2 Å². The molecule has 0 saturated carbocycles. The van der Waals surface area contributed by atoms with Crippen LogP contribution in [0.4, 0.5) is 18.9 Å². The van der Waals surface area contributed by atoms with Gasteiger partial charge in [-0.1, -0.05) is 36.4 Å². The maximum absolute atomic E-state index is 13.1. The van der Waals surface area contributed by atoms with Crippen LogP contribution in [0, 0.1) is 6.92 Å². The highest BCUT2D eigenvalue weighted by Gasteiger charge is 2.34. The molecule has 1 aromatic heterocycles. The third kappa shape index (κ3) is 5.85. The number of anilines is 1. The molecule has 0 radical (unpaired) electrons. The minimum atomic E-state index is -4.94. The van der Waals surface area contributed by atoms with E-state index in [1.54, 1.807) is 19.1 Å². The molecule has 1 amide bonds. The zero-order valence-electron chi connectivity index (χ0n) is 18.4. The molecule has 3 aromatic rings. The van der Waals surface area contributed by atoms with Crippen LogP contribution >= 0.6 is 0 Å². The molecule has 4 rings (SSSR count). The molecule has 1 N–H and O–H groups in total. The van der Waals surface area contributed by atoms with Gasteiger partial charge in [0.05, 0.1) is 30.7 Å². The van der Waals surface area contributed by atoms with Crippen molar-refractivity contribution in [3.8, 4) is 22.8 Å². The van der Waals surface area contributed by atoms with Crippen LogP contribution in [0.25, 0.3) is 11.1 Å². The smallest absolute Gasteiger partial charge is 0.474 e. The maximum atomic E-state index is 13.1. The summed E-state index contributed by atoms with van der Waals surface area (Å²) in [6, 6.07) is 14.9. The number of nitrogens with zero attached hydrogens (tertiary/aromatic N) is 1. The van der Waals surface area contributed by atoms with Crippen molar-refractivity contribution in [2.75, 3.05) is 18.5 Å². The molecule has 0 aliphatic carbocycles. The Hall–Kier alpha value is -3.59. The monoisotopic (exact) mass is 472 g/mol. The molecule has 1 aliphatic rings. The van der Waals surface area contributed by atoms with Gasteiger partial charge in [0.25, 0.3) is 5.91 Å². The number of halogens is 3. The van der Waals surface area contributed by atoms with E-state index in [1.807, 2.05) is 30.3 Å². The van der Waals surface area contributed by atoms with E-state index in [2.05, 4.69) is 15.0 Å². The molecule has 178 valence electrons. The highest BCUT2D eigenvalue weighted by Crippen LogP contribution is 2.35. The average molecular weight is 472 g/mol. The minimum absolute atomic E-state index is 0.00661. The van der Waals surface area contributed by atoms with E-state index in [-0.39, 0.29) is 11.7 Å². The normalized spacial score (nSPS) is 14.5. The lowest BCUT2D eigenvalue weighted by Crippen LogP contribution is -2.26. The topological polar surface area (TPSA) is 69.7 Å². The van der Waals surface area contributed by atoms with Gasteiger partial charge in [0.1, 0.15) is 11.9 Å². The zero-order valence-corrected chi connectivity index (χ0v) is 18.4. The van der Waals surface area contributed by atoms with Crippen LogP contribution in [-0.2, 0) is 4.74 Å². The first-order valence-corrected chi connectivity index (χ1v) is 10.8. The molecule has 1 aliphatic heterocycles. The number of amides is 1. The summed E-state index contributed by atoms with van der Waals surface area (Å²) in [5.74, 6) is -0.919. The molecule has 0 atom stereocenters. The SMILES string of the molecule is Cc1c(-c2ccccc2)ccc(OC(F)(F)F)c1C(=O)Nc1ccc(OC2CCOCC2)nc1. The van der Waals surface area contributed by atoms with Crippen molar-refractivity contribution in [1.29, 1.82) is 0 Å². The lowest BCUT2D eigenvalue weighted by molar-refractivity contribution is -0.274. The van der Waals surface area contributed by atoms with Gasteiger partial charge in [0.15, 0.2) is 0 Å². The van der Waals surface area contributed by atoms with Crippen LogP contribution in [0.3, 0.4) is 0 Å². The van der Waals surface area contributed by atoms with E-state index < -0.39 is 18.0 Å². The standard InChI is InChI=1S/C25H23F3N2O4/c1-16-20(17-5-3-2-4-6-17)8-9-21(34-25(26,27)28)23(16)24(31)30-18-7-10-22(29-15-18)33-19-11-13-32-14-12-19/h2-10,15,19H,11-14H2,1H3,(H,30,31). The Balaban J connectivity index is 1.58. The lowest BCUT2D eigenvalue weighted by atomic mass is 9.95. The van der Waals surface area contributed by atoms with E-state index in [9.17, 15) is 18.0 Å². The fraction of sp³-hybridized carbons (Fsp3) is 0.280. The number of carbonyl (C=O) groups is 1. The van der Waals surface area contributed by atoms with Gasteiger partial charge in [0.2, 0.25) is 5.88 Å². The number of hydrogen-bond donors (Lipinski definition) is 1. The molecule has 1 fully saturated rings. The van der Waals surface area contributed by atoms with Crippen molar-refractivity contribution in [2.45, 2.75) is 32.2 Å². The van der Waals surface area contributed by atoms with Crippen molar-refractivity contribution in [1.82, 2.24) is 4.98 Å². The second-order valence-electron chi connectivity index (χ2n) is 7.79. The Kier molecular flexibility index (Phi) is 7.02. The molecule has 2 heterocycles. The Bertz CT molecular complexity index is 1130. The number of benzene rings is 2. The van der Waals surface area contributed by atoms with Gasteiger partial charge < -0.3 is 19.5 Å². The molecule has 9 heteroatoms. The first-order valence-electron chi connectivity index (χ1n) is 10.8. The minimum Gasteiger partial charge on any atom is -0.474 e. The summed E-state index contributed by atoms with van der Waals surface area (Å²) in [5, 5.41) is 2.61. The summed E-state index contributed by atoms with van der Waals surface area (Å²) in [6.45, 7) is 2.84. The second kappa shape index (κ2) is 10.1. The van der Waals surface area contributed by atoms with Gasteiger partial charge >= 0.3 is 6.36 Å². The van der Waals surface area contributed by atoms with Crippen molar-refractivity contribution >= 4 is 11.6 Å². The number of hydrogen-bond acceptors (Lipinski definition) is 5. The number of rotatable bonds is 6. The fourth-order valence-electron chi connectivity index (χ4n) is 3.79. The largest absolute Gasteiger partial charge is 0.573 e. The van der Waals surface area contributed by atoms with Crippen molar-refractivity contribution in [3.63, 3.8) is 0 Å². The summed E-state index contributed by atoms with van der Waals surface area (Å²) in [4.78, 5) is 17.3. The predicted molar refractivity (Wildman–Crippen MR) is 120 cm³/mol. The van der Waals surface area contributed by atoms with Gasteiger partial charge in [0, 0.05) is 18.9 Å². The van der Waals surface area contributed by atoms with Crippen LogP contribution in [0.2, 0.25) is 0 Å². The first kappa shape index (κ1) is 23.6. The quantitative estimate of drug-likeness (QED) is 0.494. The van der Waals surface area contributed by atoms with Crippen LogP contribution in [0.1, 0.15) is 28.8 Å². The Labute approximate surface area is 194 Å². The Morgan fingerprint density at radius 2 is 1.79 bits per heavy atom. The molecule has 2 aromatic carbocycles. The number of aromatic nitrogens is 1. The predicted octanol–water partition coefficient (Wildman–Crippen LogP) is 5.77. The van der Waals surface area contributed by atoms with E-state index in [4.69, 9.17) is 9.47 Å². The van der Waals surface area contributed by atoms with Gasteiger partial charge in [-0.05, 0) is 35.7 Å². The van der Waals surface area contributed by atoms with E-state index in [0.717, 1.165) is 24.5 Å². The summed E-state index contributed by atoms with van der Waals surface area (Å²) >= 11 is 0. The average Bonchev–Trinajstić information content (AvgIpc) is 2.81. The second-order valence-corrected chi connectivity index (χ2v) is 7.79. The van der Waals surface area contributed by atoms with E-state index in [1.165, 1.54) is 12.3 Å². The van der Waals surface area contributed by atoms with Crippen molar-refractivity contribution in [3.05, 3.63) is 71.9 Å². The molecule has 0 spiro atoms. The molecule has 6 nitrogen and oxygen atoms in total. The summed E-state index contributed by atoms with van der Waals surface area (Å²) in [5.41, 5.74) is 1.85. The van der Waals surface area contributed by atoms with Crippen LogP contribution in [-0.4, -0.2) is 36.6 Å². The van der Waals surface area contributed by atoms with Gasteiger partial charge in [-0.15, -0.1) is 13.2 Å². The van der Waals surface area contributed by atoms with Gasteiger partial charge in [-0.25, -0.2) is 4.98 Å². The summed E-state index contributed by atoms with van der Waals surface area (Å²) in [6.07, 6.45) is -2.02. The van der Waals surface area contributed by atoms with Crippen molar-refractivity contribution in [2.24, 2.45) is 0 Å². The third-order valence-electron chi connectivity index (χ3n) is 5.41. The first-order chi connectivity index (χ1) is 16.3. The maximum Gasteiger partial charge on any atom is 0.573 e. The number of carbonyl (C=O) groups excluding carboxylic acids is 1. The van der Waals surface area contributed by atoms with Crippen LogP contribution < -0.4 is 14.8 Å². The summed E-state index contributed by atoms with van der Waals surface area (Å²) in [7, 11) is 0. The molecular weight excluding hydrogens is 449 g/mol. The van der Waals surface area contributed by atoms with Gasteiger partial charge in [-0.2, -0.15) is 0 Å². The Morgan fingerprint density at radius 1 is 1.06 bits per heavy atom. The Morgan fingerprint density at radius 3 is 2.44 bits per heavy atom. The van der Waals surface area contributed by atoms with Gasteiger partial charge in [-0.3, -0.25) is 4.79 Å². The highest BCUT2D eigenvalue weighted by molar-refractivity contribution is 6.08. The highest BCUT2D eigenvalue weighted by atomic mass is 19.4. The van der Waals surface area contributed by atoms with E-state index >= 15 is 0 Å². The molecule has 0 bridgehead atoms. The molecule has 34 heavy (non-hydrogen) atoms. The number of alkyl halides is 3. The lowest BCUT2D eigenvalue weighted by Gasteiger charge is -2.22. The number of ether oxygens (including phenoxy) is 3.